The number of hydrogen-bond donors (Lipinski definition) is 2. The van der Waals surface area contributed by atoms with Gasteiger partial charge in [-0.1, -0.05) is 24.3 Å². The molecular weight excluding hydrogens is 128 g/mol. The Balaban J connectivity index is 2.61. The standard InChI is InChI=1S/C8H12O2/c1-6(9)7-4-2-3-5-8(7)10/h2-10H,1H3. The van der Waals surface area contributed by atoms with Crippen molar-refractivity contribution in [2.75, 3.05) is 0 Å². The first-order chi connectivity index (χ1) is 4.72. The van der Waals surface area contributed by atoms with Crippen LogP contribution in [-0.4, -0.2) is 22.4 Å². The number of allylic oxidation sites excluding steroid dienone is 2. The molecule has 3 unspecified atom stereocenters. The van der Waals surface area contributed by atoms with Crippen molar-refractivity contribution < 1.29 is 10.2 Å². The van der Waals surface area contributed by atoms with Crippen molar-refractivity contribution >= 4 is 0 Å². The SMILES string of the molecule is CC(O)C1C=CC=CC1O. The summed E-state index contributed by atoms with van der Waals surface area (Å²) in [6.45, 7) is 1.68. The van der Waals surface area contributed by atoms with Gasteiger partial charge in [-0.15, -0.1) is 0 Å². The van der Waals surface area contributed by atoms with Crippen LogP contribution in [0.3, 0.4) is 0 Å². The van der Waals surface area contributed by atoms with Gasteiger partial charge in [0.15, 0.2) is 0 Å². The summed E-state index contributed by atoms with van der Waals surface area (Å²) in [5, 5.41) is 18.3. The van der Waals surface area contributed by atoms with E-state index in [9.17, 15) is 5.11 Å². The highest BCUT2D eigenvalue weighted by Gasteiger charge is 2.19. The molecule has 10 heavy (non-hydrogen) atoms. The van der Waals surface area contributed by atoms with E-state index < -0.39 is 12.2 Å². The molecule has 2 heteroatoms. The number of aliphatic hydroxyl groups is 2. The van der Waals surface area contributed by atoms with Gasteiger partial charge in [-0.05, 0) is 6.92 Å². The Morgan fingerprint density at radius 1 is 1.30 bits per heavy atom. The van der Waals surface area contributed by atoms with Gasteiger partial charge in [-0.3, -0.25) is 0 Å². The molecule has 56 valence electrons. The van der Waals surface area contributed by atoms with Crippen LogP contribution in [0.2, 0.25) is 0 Å². The summed E-state index contributed by atoms with van der Waals surface area (Å²) in [4.78, 5) is 0. The van der Waals surface area contributed by atoms with Crippen LogP contribution >= 0.6 is 0 Å². The van der Waals surface area contributed by atoms with Gasteiger partial charge in [0.25, 0.3) is 0 Å². The van der Waals surface area contributed by atoms with Gasteiger partial charge in [-0.2, -0.15) is 0 Å². The fourth-order valence-corrected chi connectivity index (χ4v) is 1.06. The molecule has 0 saturated carbocycles. The van der Waals surface area contributed by atoms with Gasteiger partial charge in [-0.25, -0.2) is 0 Å². The average Bonchev–Trinajstić information content (AvgIpc) is 1.88. The van der Waals surface area contributed by atoms with E-state index in [2.05, 4.69) is 0 Å². The van der Waals surface area contributed by atoms with Crippen molar-refractivity contribution in [2.24, 2.45) is 5.92 Å². The largest absolute Gasteiger partial charge is 0.393 e. The molecule has 0 aliphatic heterocycles. The molecule has 0 aromatic carbocycles. The third-order valence-corrected chi connectivity index (χ3v) is 1.70. The summed E-state index contributed by atoms with van der Waals surface area (Å²) in [6, 6.07) is 0. The highest BCUT2D eigenvalue weighted by molar-refractivity contribution is 5.15. The van der Waals surface area contributed by atoms with E-state index in [-0.39, 0.29) is 5.92 Å². The highest BCUT2D eigenvalue weighted by atomic mass is 16.3. The van der Waals surface area contributed by atoms with Crippen molar-refractivity contribution in [2.45, 2.75) is 19.1 Å². The van der Waals surface area contributed by atoms with Gasteiger partial charge in [0.1, 0.15) is 0 Å². The van der Waals surface area contributed by atoms with Crippen LogP contribution < -0.4 is 0 Å². The molecule has 0 radical (unpaired) electrons. The molecule has 1 aliphatic rings. The molecule has 0 saturated heterocycles. The van der Waals surface area contributed by atoms with E-state index in [1.54, 1.807) is 19.1 Å². The van der Waals surface area contributed by atoms with E-state index in [1.165, 1.54) is 0 Å². The maximum atomic E-state index is 9.24. The van der Waals surface area contributed by atoms with Crippen LogP contribution in [0.25, 0.3) is 0 Å². The zero-order valence-corrected chi connectivity index (χ0v) is 5.94. The minimum absolute atomic E-state index is 0.134. The Morgan fingerprint density at radius 2 is 1.90 bits per heavy atom. The monoisotopic (exact) mass is 140 g/mol. The van der Waals surface area contributed by atoms with Crippen molar-refractivity contribution in [1.29, 1.82) is 0 Å². The molecule has 0 bridgehead atoms. The van der Waals surface area contributed by atoms with Gasteiger partial charge in [0.2, 0.25) is 0 Å². The Labute approximate surface area is 60.5 Å². The Hall–Kier alpha value is -0.600. The van der Waals surface area contributed by atoms with Gasteiger partial charge in [0.05, 0.1) is 12.2 Å². The van der Waals surface area contributed by atoms with Crippen LogP contribution in [0.15, 0.2) is 24.3 Å². The lowest BCUT2D eigenvalue weighted by Crippen LogP contribution is -2.27. The maximum Gasteiger partial charge on any atom is 0.0811 e. The molecule has 0 aromatic heterocycles. The lowest BCUT2D eigenvalue weighted by Gasteiger charge is -2.21. The quantitative estimate of drug-likeness (QED) is 0.556. The summed E-state index contributed by atoms with van der Waals surface area (Å²) in [5.74, 6) is -0.134. The Bertz CT molecular complexity index is 159. The van der Waals surface area contributed by atoms with E-state index in [4.69, 9.17) is 5.11 Å². The summed E-state index contributed by atoms with van der Waals surface area (Å²) in [5.41, 5.74) is 0. The minimum Gasteiger partial charge on any atom is -0.393 e. The second kappa shape index (κ2) is 2.99. The van der Waals surface area contributed by atoms with Crippen LogP contribution in [0.1, 0.15) is 6.92 Å². The van der Waals surface area contributed by atoms with Crippen LogP contribution in [0, 0.1) is 5.92 Å². The first-order valence-corrected chi connectivity index (χ1v) is 3.43. The molecule has 1 rings (SSSR count). The number of aliphatic hydroxyl groups excluding tert-OH is 2. The molecule has 0 heterocycles. The van der Waals surface area contributed by atoms with Crippen LogP contribution in [0.5, 0.6) is 0 Å². The Kier molecular flexibility index (Phi) is 2.25. The first-order valence-electron chi connectivity index (χ1n) is 3.43. The summed E-state index contributed by atoms with van der Waals surface area (Å²) in [7, 11) is 0. The Morgan fingerprint density at radius 3 is 2.30 bits per heavy atom. The van der Waals surface area contributed by atoms with Gasteiger partial charge in [0, 0.05) is 5.92 Å². The van der Waals surface area contributed by atoms with Crippen molar-refractivity contribution in [1.82, 2.24) is 0 Å². The van der Waals surface area contributed by atoms with E-state index in [0.717, 1.165) is 0 Å². The lowest BCUT2D eigenvalue weighted by molar-refractivity contribution is 0.0707. The molecule has 3 atom stereocenters. The first kappa shape index (κ1) is 7.51. The molecule has 1 aliphatic carbocycles. The fourth-order valence-electron chi connectivity index (χ4n) is 1.06. The van der Waals surface area contributed by atoms with Crippen molar-refractivity contribution in [3.63, 3.8) is 0 Å². The summed E-state index contributed by atoms with van der Waals surface area (Å²) in [6.07, 6.45) is 6.11. The predicted molar refractivity (Wildman–Crippen MR) is 39.5 cm³/mol. The highest BCUT2D eigenvalue weighted by Crippen LogP contribution is 2.15. The lowest BCUT2D eigenvalue weighted by atomic mass is 9.93. The molecule has 2 nitrogen and oxygen atoms in total. The van der Waals surface area contributed by atoms with Crippen LogP contribution in [0.4, 0.5) is 0 Å². The van der Waals surface area contributed by atoms with E-state index in [1.807, 2.05) is 12.2 Å². The smallest absolute Gasteiger partial charge is 0.0811 e. The van der Waals surface area contributed by atoms with Crippen molar-refractivity contribution in [3.8, 4) is 0 Å². The second-order valence-electron chi connectivity index (χ2n) is 2.58. The zero-order valence-electron chi connectivity index (χ0n) is 5.94. The normalized spacial score (nSPS) is 34.3. The zero-order chi connectivity index (χ0) is 7.56. The topological polar surface area (TPSA) is 40.5 Å². The average molecular weight is 140 g/mol. The molecular formula is C8H12O2. The third kappa shape index (κ3) is 1.46. The van der Waals surface area contributed by atoms with Gasteiger partial charge >= 0.3 is 0 Å². The predicted octanol–water partition coefficient (Wildman–Crippen LogP) is 0.470. The molecule has 2 N–H and O–H groups in total. The summed E-state index contributed by atoms with van der Waals surface area (Å²) < 4.78 is 0. The number of hydrogen-bond acceptors (Lipinski definition) is 2. The van der Waals surface area contributed by atoms with Crippen LogP contribution in [-0.2, 0) is 0 Å². The minimum atomic E-state index is -0.523. The second-order valence-corrected chi connectivity index (χ2v) is 2.58. The molecule has 0 aromatic rings. The molecule has 0 fully saturated rings. The fraction of sp³-hybridized carbons (Fsp3) is 0.500. The number of rotatable bonds is 1. The van der Waals surface area contributed by atoms with E-state index >= 15 is 0 Å². The van der Waals surface area contributed by atoms with E-state index in [0.29, 0.717) is 0 Å². The summed E-state index contributed by atoms with van der Waals surface area (Å²) >= 11 is 0. The van der Waals surface area contributed by atoms with Crippen molar-refractivity contribution in [3.05, 3.63) is 24.3 Å². The molecule has 0 spiro atoms. The third-order valence-electron chi connectivity index (χ3n) is 1.70. The molecule has 0 amide bonds. The van der Waals surface area contributed by atoms with Gasteiger partial charge < -0.3 is 10.2 Å². The maximum absolute atomic E-state index is 9.24.